The van der Waals surface area contributed by atoms with Gasteiger partial charge in [-0.15, -0.1) is 0 Å². The summed E-state index contributed by atoms with van der Waals surface area (Å²) in [6.45, 7) is 0.978. The van der Waals surface area contributed by atoms with E-state index in [1.807, 2.05) is 6.07 Å². The van der Waals surface area contributed by atoms with Gasteiger partial charge in [0.1, 0.15) is 0 Å². The van der Waals surface area contributed by atoms with E-state index in [0.29, 0.717) is 6.04 Å². The van der Waals surface area contributed by atoms with Crippen molar-refractivity contribution in [3.8, 4) is 0 Å². The number of aryl methyl sites for hydroxylation is 1. The zero-order chi connectivity index (χ0) is 14.8. The summed E-state index contributed by atoms with van der Waals surface area (Å²) in [7, 11) is 4.18. The Hall–Kier alpha value is -2.00. The summed E-state index contributed by atoms with van der Waals surface area (Å²) in [4.78, 5) is 2.18. The second-order valence-corrected chi connectivity index (χ2v) is 6.13. The number of hydrogen-bond donors (Lipinski definition) is 2. The molecule has 1 unspecified atom stereocenters. The lowest BCUT2D eigenvalue weighted by molar-refractivity contribution is 0.402. The lowest BCUT2D eigenvalue weighted by Crippen LogP contribution is -2.11. The molecule has 0 amide bonds. The van der Waals surface area contributed by atoms with Crippen LogP contribution in [-0.4, -0.2) is 19.0 Å². The monoisotopic (exact) mass is 281 g/mol. The summed E-state index contributed by atoms with van der Waals surface area (Å²) in [6.07, 6.45) is 2.25. The number of benzene rings is 2. The third-order valence-corrected chi connectivity index (χ3v) is 4.04. The van der Waals surface area contributed by atoms with Crippen LogP contribution in [0.25, 0.3) is 0 Å². The standard InChI is InChI=1S/C18H23N3/c1-21(2)12-13-3-7-16(8-4-13)20-18-10-5-14-11-15(19)6-9-17(14)18/h3-4,6-9,11,18,20H,5,10,12,19H2,1-2H3. The Morgan fingerprint density at radius 3 is 2.62 bits per heavy atom. The van der Waals surface area contributed by atoms with Gasteiger partial charge in [0.2, 0.25) is 0 Å². The molecule has 0 heterocycles. The zero-order valence-corrected chi connectivity index (χ0v) is 12.8. The molecule has 110 valence electrons. The summed E-state index contributed by atoms with van der Waals surface area (Å²) in [5.41, 5.74) is 12.0. The van der Waals surface area contributed by atoms with Gasteiger partial charge in [0, 0.05) is 17.9 Å². The summed E-state index contributed by atoms with van der Waals surface area (Å²) in [5.74, 6) is 0. The van der Waals surface area contributed by atoms with Crippen molar-refractivity contribution in [3.05, 3.63) is 59.2 Å². The lowest BCUT2D eigenvalue weighted by Gasteiger charge is -2.16. The van der Waals surface area contributed by atoms with Crippen LogP contribution < -0.4 is 11.1 Å². The molecule has 3 heteroatoms. The Morgan fingerprint density at radius 1 is 1.14 bits per heavy atom. The van der Waals surface area contributed by atoms with E-state index in [4.69, 9.17) is 5.73 Å². The molecule has 3 N–H and O–H groups in total. The van der Waals surface area contributed by atoms with Gasteiger partial charge in [-0.1, -0.05) is 18.2 Å². The molecular weight excluding hydrogens is 258 g/mol. The molecule has 0 radical (unpaired) electrons. The van der Waals surface area contributed by atoms with Crippen LogP contribution >= 0.6 is 0 Å². The highest BCUT2D eigenvalue weighted by Crippen LogP contribution is 2.34. The van der Waals surface area contributed by atoms with Crippen molar-refractivity contribution in [3.63, 3.8) is 0 Å². The SMILES string of the molecule is CN(C)Cc1ccc(NC2CCc3cc(N)ccc32)cc1. The predicted molar refractivity (Wildman–Crippen MR) is 89.4 cm³/mol. The third-order valence-electron chi connectivity index (χ3n) is 4.04. The molecule has 1 aliphatic rings. The van der Waals surface area contributed by atoms with E-state index in [0.717, 1.165) is 25.1 Å². The maximum Gasteiger partial charge on any atom is 0.0519 e. The van der Waals surface area contributed by atoms with Crippen LogP contribution in [0.2, 0.25) is 0 Å². The van der Waals surface area contributed by atoms with Gasteiger partial charge in [0.15, 0.2) is 0 Å². The second-order valence-electron chi connectivity index (χ2n) is 6.13. The average Bonchev–Trinajstić information content (AvgIpc) is 2.83. The maximum atomic E-state index is 5.86. The number of rotatable bonds is 4. The van der Waals surface area contributed by atoms with Gasteiger partial charge in [0.25, 0.3) is 0 Å². The smallest absolute Gasteiger partial charge is 0.0519 e. The highest BCUT2D eigenvalue weighted by Gasteiger charge is 2.22. The van der Waals surface area contributed by atoms with E-state index in [1.54, 1.807) is 0 Å². The first-order valence-corrected chi connectivity index (χ1v) is 7.50. The van der Waals surface area contributed by atoms with Gasteiger partial charge in [0.05, 0.1) is 6.04 Å². The fourth-order valence-corrected chi connectivity index (χ4v) is 3.06. The molecule has 0 saturated carbocycles. The number of anilines is 2. The minimum Gasteiger partial charge on any atom is -0.399 e. The zero-order valence-electron chi connectivity index (χ0n) is 12.8. The first-order valence-electron chi connectivity index (χ1n) is 7.50. The van der Waals surface area contributed by atoms with Crippen molar-refractivity contribution in [2.75, 3.05) is 25.1 Å². The Labute approximate surface area is 126 Å². The van der Waals surface area contributed by atoms with Crippen LogP contribution in [0.3, 0.4) is 0 Å². The number of fused-ring (bicyclic) bond motifs is 1. The van der Waals surface area contributed by atoms with Gasteiger partial charge in [-0.2, -0.15) is 0 Å². The quantitative estimate of drug-likeness (QED) is 0.844. The van der Waals surface area contributed by atoms with Crippen molar-refractivity contribution in [2.24, 2.45) is 0 Å². The van der Waals surface area contributed by atoms with Crippen LogP contribution in [0.1, 0.15) is 29.2 Å². The molecule has 0 aliphatic heterocycles. The molecule has 0 bridgehead atoms. The molecule has 0 spiro atoms. The first-order chi connectivity index (χ1) is 10.1. The van der Waals surface area contributed by atoms with E-state index < -0.39 is 0 Å². The number of nitrogens with two attached hydrogens (primary N) is 1. The van der Waals surface area contributed by atoms with Crippen LogP contribution in [0, 0.1) is 0 Å². The largest absolute Gasteiger partial charge is 0.399 e. The summed E-state index contributed by atoms with van der Waals surface area (Å²) >= 11 is 0. The molecule has 3 nitrogen and oxygen atoms in total. The van der Waals surface area contributed by atoms with Gasteiger partial charge in [-0.25, -0.2) is 0 Å². The minimum atomic E-state index is 0.403. The normalized spacial score (nSPS) is 17.0. The average molecular weight is 281 g/mol. The lowest BCUT2D eigenvalue weighted by atomic mass is 10.1. The minimum absolute atomic E-state index is 0.403. The Bertz CT molecular complexity index is 617. The first kappa shape index (κ1) is 14.0. The van der Waals surface area contributed by atoms with E-state index in [9.17, 15) is 0 Å². The third kappa shape index (κ3) is 3.19. The summed E-state index contributed by atoms with van der Waals surface area (Å²) in [6, 6.07) is 15.4. The van der Waals surface area contributed by atoms with Crippen LogP contribution in [0.4, 0.5) is 11.4 Å². The number of nitrogens with zero attached hydrogens (tertiary/aromatic N) is 1. The summed E-state index contributed by atoms with van der Waals surface area (Å²) in [5, 5.41) is 3.64. The molecule has 0 saturated heterocycles. The molecule has 2 aromatic rings. The van der Waals surface area contributed by atoms with Crippen molar-refractivity contribution >= 4 is 11.4 Å². The molecule has 2 aromatic carbocycles. The van der Waals surface area contributed by atoms with E-state index >= 15 is 0 Å². The van der Waals surface area contributed by atoms with Crippen molar-refractivity contribution in [1.29, 1.82) is 0 Å². The summed E-state index contributed by atoms with van der Waals surface area (Å²) < 4.78 is 0. The highest BCUT2D eigenvalue weighted by atomic mass is 15.0. The number of nitrogen functional groups attached to an aromatic ring is 1. The van der Waals surface area contributed by atoms with E-state index in [1.165, 1.54) is 22.4 Å². The topological polar surface area (TPSA) is 41.3 Å². The van der Waals surface area contributed by atoms with Gasteiger partial charge in [-0.3, -0.25) is 0 Å². The van der Waals surface area contributed by atoms with Crippen molar-refractivity contribution in [1.82, 2.24) is 4.90 Å². The Kier molecular flexibility index (Phi) is 3.84. The molecule has 0 aromatic heterocycles. The molecular formula is C18H23N3. The highest BCUT2D eigenvalue weighted by molar-refractivity contribution is 5.52. The number of hydrogen-bond acceptors (Lipinski definition) is 3. The molecule has 21 heavy (non-hydrogen) atoms. The fraction of sp³-hybridized carbons (Fsp3) is 0.333. The maximum absolute atomic E-state index is 5.86. The van der Waals surface area contributed by atoms with E-state index in [2.05, 4.69) is 60.7 Å². The Balaban J connectivity index is 1.71. The van der Waals surface area contributed by atoms with Crippen molar-refractivity contribution in [2.45, 2.75) is 25.4 Å². The van der Waals surface area contributed by atoms with Gasteiger partial charge < -0.3 is 16.0 Å². The van der Waals surface area contributed by atoms with Gasteiger partial charge >= 0.3 is 0 Å². The second kappa shape index (κ2) is 5.78. The number of nitrogens with one attached hydrogen (secondary N) is 1. The van der Waals surface area contributed by atoms with E-state index in [-0.39, 0.29) is 0 Å². The Morgan fingerprint density at radius 2 is 1.90 bits per heavy atom. The van der Waals surface area contributed by atoms with Crippen LogP contribution in [0.15, 0.2) is 42.5 Å². The van der Waals surface area contributed by atoms with Crippen LogP contribution in [-0.2, 0) is 13.0 Å². The molecule has 3 rings (SSSR count). The van der Waals surface area contributed by atoms with Gasteiger partial charge in [-0.05, 0) is 67.9 Å². The predicted octanol–water partition coefficient (Wildman–Crippen LogP) is 3.43. The fourth-order valence-electron chi connectivity index (χ4n) is 3.06. The van der Waals surface area contributed by atoms with Crippen LogP contribution in [0.5, 0.6) is 0 Å². The molecule has 0 fully saturated rings. The molecule has 1 aliphatic carbocycles. The molecule has 1 atom stereocenters. The van der Waals surface area contributed by atoms with Crippen molar-refractivity contribution < 1.29 is 0 Å².